The number of benzene rings is 1. The van der Waals surface area contributed by atoms with Gasteiger partial charge in [-0.2, -0.15) is 0 Å². The minimum absolute atomic E-state index is 0.0880. The van der Waals surface area contributed by atoms with Crippen LogP contribution in [0.1, 0.15) is 5.56 Å². The van der Waals surface area contributed by atoms with Crippen molar-refractivity contribution in [2.24, 2.45) is 0 Å². The maximum Gasteiger partial charge on any atom is 0.144 e. The summed E-state index contributed by atoms with van der Waals surface area (Å²) in [5.74, 6) is 0.0880. The van der Waals surface area contributed by atoms with Crippen LogP contribution < -0.4 is 0 Å². The summed E-state index contributed by atoms with van der Waals surface area (Å²) < 4.78 is 21.3. The minimum Gasteiger partial charge on any atom is -0.346 e. The summed E-state index contributed by atoms with van der Waals surface area (Å²) in [6, 6.07) is 11.5. The van der Waals surface area contributed by atoms with E-state index in [-0.39, 0.29) is 5.75 Å². The smallest absolute Gasteiger partial charge is 0.144 e. The van der Waals surface area contributed by atoms with Gasteiger partial charge in [-0.15, -0.1) is 0 Å². The maximum atomic E-state index is 10.7. The molecule has 0 saturated heterocycles. The van der Waals surface area contributed by atoms with E-state index in [1.165, 1.54) is 0 Å². The second kappa shape index (κ2) is 4.85. The molecule has 3 aromatic rings. The highest BCUT2D eigenvalue weighted by molar-refractivity contribution is 7.71. The van der Waals surface area contributed by atoms with Crippen LogP contribution in [-0.2, 0) is 16.5 Å². The Bertz CT molecular complexity index is 781. The van der Waals surface area contributed by atoms with E-state index in [9.17, 15) is 8.42 Å². The number of nitrogens with zero attached hydrogens (tertiary/aromatic N) is 1. The van der Waals surface area contributed by atoms with E-state index in [1.54, 1.807) is 0 Å². The Hall–Kier alpha value is -2.14. The van der Waals surface area contributed by atoms with Crippen molar-refractivity contribution in [2.75, 3.05) is 0 Å². The Kier molecular flexibility index (Phi) is 3.05. The number of aromatic nitrogens is 2. The van der Waals surface area contributed by atoms with Gasteiger partial charge in [0.25, 0.3) is 0 Å². The Morgan fingerprint density at radius 2 is 1.84 bits per heavy atom. The molecule has 19 heavy (non-hydrogen) atoms. The summed E-state index contributed by atoms with van der Waals surface area (Å²) >= 11 is 0. The van der Waals surface area contributed by atoms with Gasteiger partial charge in [0.2, 0.25) is 0 Å². The first-order valence-corrected chi connectivity index (χ1v) is 7.23. The number of fused-ring (bicyclic) bond motifs is 1. The van der Waals surface area contributed by atoms with Gasteiger partial charge < -0.3 is 4.98 Å². The van der Waals surface area contributed by atoms with Crippen molar-refractivity contribution in [1.82, 2.24) is 9.97 Å². The van der Waals surface area contributed by atoms with E-state index in [4.69, 9.17) is 0 Å². The topological polar surface area (TPSA) is 62.8 Å². The third-order valence-corrected chi connectivity index (χ3v) is 3.62. The fraction of sp³-hybridized carbons (Fsp3) is 0.0714. The number of hydrogen-bond donors (Lipinski definition) is 2. The normalized spacial score (nSPS) is 11.2. The standard InChI is InChI=1S/C14H12N2O2S/c17-19(18)9-10-1-3-11(4-2-10)13-7-12-5-6-15-14(12)16-8-13/h1-8,19H,9H2,(H,15,16). The van der Waals surface area contributed by atoms with Crippen LogP contribution in [0.5, 0.6) is 0 Å². The van der Waals surface area contributed by atoms with Crippen LogP contribution in [-0.4, -0.2) is 18.4 Å². The van der Waals surface area contributed by atoms with Crippen molar-refractivity contribution in [1.29, 1.82) is 0 Å². The van der Waals surface area contributed by atoms with E-state index >= 15 is 0 Å². The molecule has 4 nitrogen and oxygen atoms in total. The molecule has 0 aliphatic rings. The molecule has 3 rings (SSSR count). The van der Waals surface area contributed by atoms with Gasteiger partial charge >= 0.3 is 0 Å². The molecule has 0 aliphatic heterocycles. The summed E-state index contributed by atoms with van der Waals surface area (Å²) in [6.07, 6.45) is 3.66. The van der Waals surface area contributed by atoms with Crippen LogP contribution in [0.3, 0.4) is 0 Å². The Balaban J connectivity index is 1.96. The highest BCUT2D eigenvalue weighted by atomic mass is 32.2. The first kappa shape index (κ1) is 11.9. The van der Waals surface area contributed by atoms with Crippen LogP contribution in [0.25, 0.3) is 22.2 Å². The van der Waals surface area contributed by atoms with Gasteiger partial charge in [-0.3, -0.25) is 0 Å². The molecule has 0 fully saturated rings. The number of rotatable bonds is 3. The third kappa shape index (κ3) is 2.51. The molecule has 0 amide bonds. The molecule has 1 aromatic carbocycles. The fourth-order valence-corrected chi connectivity index (χ4v) is 2.56. The molecule has 1 N–H and O–H groups in total. The molecule has 96 valence electrons. The molecule has 0 saturated carbocycles. The average Bonchev–Trinajstić information content (AvgIpc) is 2.86. The average molecular weight is 272 g/mol. The molecule has 0 radical (unpaired) electrons. The van der Waals surface area contributed by atoms with Crippen molar-refractivity contribution in [3.8, 4) is 11.1 Å². The molecule has 2 heterocycles. The lowest BCUT2D eigenvalue weighted by atomic mass is 10.1. The Labute approximate surface area is 112 Å². The minimum atomic E-state index is -2.37. The largest absolute Gasteiger partial charge is 0.346 e. The molecule has 5 heteroatoms. The van der Waals surface area contributed by atoms with E-state index in [2.05, 4.69) is 16.0 Å². The zero-order valence-corrected chi connectivity index (χ0v) is 10.9. The van der Waals surface area contributed by atoms with Gasteiger partial charge in [0, 0.05) is 23.3 Å². The summed E-state index contributed by atoms with van der Waals surface area (Å²) in [5.41, 5.74) is 3.71. The number of aromatic amines is 1. The number of hydrogen-bond acceptors (Lipinski definition) is 3. The van der Waals surface area contributed by atoms with E-state index < -0.39 is 10.7 Å². The van der Waals surface area contributed by atoms with Gasteiger partial charge in [-0.05, 0) is 23.3 Å². The fourth-order valence-electron chi connectivity index (χ4n) is 2.05. The summed E-state index contributed by atoms with van der Waals surface area (Å²) in [5, 5.41) is 1.06. The zero-order chi connectivity index (χ0) is 13.2. The molecule has 2 aromatic heterocycles. The molecular weight excluding hydrogens is 260 g/mol. The Morgan fingerprint density at radius 1 is 1.05 bits per heavy atom. The SMILES string of the molecule is O=[SH](=O)Cc1ccc(-c2cnc3[nH]ccc3c2)cc1. The molecule has 0 spiro atoms. The van der Waals surface area contributed by atoms with Crippen molar-refractivity contribution in [2.45, 2.75) is 5.75 Å². The van der Waals surface area contributed by atoms with Gasteiger partial charge in [0.05, 0.1) is 5.75 Å². The second-order valence-electron chi connectivity index (χ2n) is 4.33. The van der Waals surface area contributed by atoms with Crippen LogP contribution >= 0.6 is 0 Å². The lowest BCUT2D eigenvalue weighted by molar-refractivity contribution is 0.614. The monoisotopic (exact) mass is 272 g/mol. The van der Waals surface area contributed by atoms with Crippen molar-refractivity contribution in [3.63, 3.8) is 0 Å². The van der Waals surface area contributed by atoms with E-state index in [1.807, 2.05) is 42.7 Å². The van der Waals surface area contributed by atoms with E-state index in [0.717, 1.165) is 27.7 Å². The highest BCUT2D eigenvalue weighted by Crippen LogP contribution is 2.22. The van der Waals surface area contributed by atoms with Crippen molar-refractivity contribution in [3.05, 3.63) is 54.4 Å². The summed E-state index contributed by atoms with van der Waals surface area (Å²) in [4.78, 5) is 7.39. The zero-order valence-electron chi connectivity index (χ0n) is 10.0. The van der Waals surface area contributed by atoms with Gasteiger partial charge in [-0.1, -0.05) is 24.3 Å². The second-order valence-corrected chi connectivity index (χ2v) is 5.31. The predicted molar refractivity (Wildman–Crippen MR) is 75.5 cm³/mol. The first-order valence-electron chi connectivity index (χ1n) is 5.86. The van der Waals surface area contributed by atoms with Crippen molar-refractivity contribution < 1.29 is 8.42 Å². The first-order chi connectivity index (χ1) is 9.22. The van der Waals surface area contributed by atoms with Gasteiger partial charge in [0.1, 0.15) is 16.4 Å². The molecule has 0 bridgehead atoms. The van der Waals surface area contributed by atoms with Crippen LogP contribution in [0.4, 0.5) is 0 Å². The number of nitrogens with one attached hydrogen (secondary N) is 1. The van der Waals surface area contributed by atoms with E-state index in [0.29, 0.717) is 0 Å². The highest BCUT2D eigenvalue weighted by Gasteiger charge is 2.02. The van der Waals surface area contributed by atoms with Gasteiger partial charge in [0.15, 0.2) is 0 Å². The Morgan fingerprint density at radius 3 is 2.58 bits per heavy atom. The van der Waals surface area contributed by atoms with Crippen LogP contribution in [0.15, 0.2) is 48.8 Å². The maximum absolute atomic E-state index is 10.7. The quantitative estimate of drug-likeness (QED) is 0.719. The predicted octanol–water partition coefficient (Wildman–Crippen LogP) is 2.34. The van der Waals surface area contributed by atoms with Crippen LogP contribution in [0.2, 0.25) is 0 Å². The lowest BCUT2D eigenvalue weighted by Gasteiger charge is -2.02. The number of thiol groups is 1. The summed E-state index contributed by atoms with van der Waals surface area (Å²) in [7, 11) is -2.37. The number of pyridine rings is 1. The molecule has 0 atom stereocenters. The van der Waals surface area contributed by atoms with Crippen molar-refractivity contribution >= 4 is 21.7 Å². The molecular formula is C14H12N2O2S. The van der Waals surface area contributed by atoms with Crippen LogP contribution in [0, 0.1) is 0 Å². The molecule has 0 unspecified atom stereocenters. The van der Waals surface area contributed by atoms with Gasteiger partial charge in [-0.25, -0.2) is 13.4 Å². The lowest BCUT2D eigenvalue weighted by Crippen LogP contribution is -1.87. The number of H-pyrrole nitrogens is 1. The summed E-state index contributed by atoms with van der Waals surface area (Å²) in [6.45, 7) is 0. The third-order valence-electron chi connectivity index (χ3n) is 3.00. The molecule has 0 aliphatic carbocycles.